The standard InChI is InChI=1S/C12H16ClN5S.ClH/c1-18-12(15-16-17-18)19-7-3-6-14-9-10-4-2-5-11(13)8-10;/h2,4-5,8,14H,3,6-7,9H2,1H3;1H/p-1. The van der Waals surface area contributed by atoms with Gasteiger partial charge in [0, 0.05) is 24.4 Å². The van der Waals surface area contributed by atoms with Gasteiger partial charge in [-0.05, 0) is 41.1 Å². The first kappa shape index (κ1) is 17.2. The van der Waals surface area contributed by atoms with E-state index in [0.717, 1.165) is 35.4 Å². The highest BCUT2D eigenvalue weighted by atomic mass is 35.5. The maximum absolute atomic E-state index is 5.93. The molecule has 0 saturated heterocycles. The minimum absolute atomic E-state index is 0. The Morgan fingerprint density at radius 3 is 2.95 bits per heavy atom. The van der Waals surface area contributed by atoms with Gasteiger partial charge in [-0.25, -0.2) is 4.68 Å². The third-order valence-corrected chi connectivity index (χ3v) is 3.86. The molecular formula is C12H16Cl2N5S-. The number of benzene rings is 1. The number of nitrogens with zero attached hydrogens (tertiary/aromatic N) is 4. The van der Waals surface area contributed by atoms with Crippen molar-refractivity contribution in [3.8, 4) is 0 Å². The monoisotopic (exact) mass is 332 g/mol. The zero-order chi connectivity index (χ0) is 13.5. The van der Waals surface area contributed by atoms with E-state index in [1.165, 1.54) is 5.56 Å². The average Bonchev–Trinajstić information content (AvgIpc) is 2.79. The molecule has 20 heavy (non-hydrogen) atoms. The van der Waals surface area contributed by atoms with Crippen LogP contribution in [0.1, 0.15) is 12.0 Å². The van der Waals surface area contributed by atoms with Crippen molar-refractivity contribution in [2.24, 2.45) is 7.05 Å². The minimum Gasteiger partial charge on any atom is -1.00 e. The summed E-state index contributed by atoms with van der Waals surface area (Å²) in [4.78, 5) is 0. The van der Waals surface area contributed by atoms with E-state index in [1.54, 1.807) is 16.4 Å². The molecule has 2 aromatic rings. The summed E-state index contributed by atoms with van der Waals surface area (Å²) in [7, 11) is 1.85. The average molecular weight is 333 g/mol. The molecule has 1 aromatic heterocycles. The fourth-order valence-electron chi connectivity index (χ4n) is 1.58. The Morgan fingerprint density at radius 1 is 1.40 bits per heavy atom. The second-order valence-corrected chi connectivity index (χ2v) is 5.59. The molecule has 0 bridgehead atoms. The molecule has 110 valence electrons. The summed E-state index contributed by atoms with van der Waals surface area (Å²) in [6.07, 6.45) is 1.07. The van der Waals surface area contributed by atoms with Gasteiger partial charge in [0.25, 0.3) is 0 Å². The van der Waals surface area contributed by atoms with Crippen molar-refractivity contribution < 1.29 is 12.4 Å². The quantitative estimate of drug-likeness (QED) is 0.528. The molecule has 0 fully saturated rings. The number of hydrogen-bond donors (Lipinski definition) is 1. The molecule has 0 radical (unpaired) electrons. The van der Waals surface area contributed by atoms with E-state index in [1.807, 2.05) is 25.2 Å². The third-order valence-electron chi connectivity index (χ3n) is 2.53. The van der Waals surface area contributed by atoms with Crippen molar-refractivity contribution in [1.82, 2.24) is 25.5 Å². The third kappa shape index (κ3) is 5.66. The van der Waals surface area contributed by atoms with Crippen molar-refractivity contribution in [3.63, 3.8) is 0 Å². The minimum atomic E-state index is 0. The van der Waals surface area contributed by atoms with Gasteiger partial charge in [0.1, 0.15) is 0 Å². The molecule has 0 amide bonds. The van der Waals surface area contributed by atoms with Crippen molar-refractivity contribution >= 4 is 23.4 Å². The fraction of sp³-hybridized carbons (Fsp3) is 0.417. The SMILES string of the molecule is Cn1nnnc1SCCCNCc1cccc(Cl)c1.[Cl-]. The second-order valence-electron chi connectivity index (χ2n) is 4.09. The molecule has 1 N–H and O–H groups in total. The zero-order valence-electron chi connectivity index (χ0n) is 11.1. The lowest BCUT2D eigenvalue weighted by Crippen LogP contribution is -3.00. The molecule has 0 saturated carbocycles. The van der Waals surface area contributed by atoms with Crippen LogP contribution >= 0.6 is 23.4 Å². The first-order valence-electron chi connectivity index (χ1n) is 6.06. The fourth-order valence-corrected chi connectivity index (χ4v) is 2.59. The molecular weight excluding hydrogens is 317 g/mol. The Kier molecular flexibility index (Phi) is 7.91. The predicted molar refractivity (Wildman–Crippen MR) is 77.3 cm³/mol. The van der Waals surface area contributed by atoms with E-state index in [-0.39, 0.29) is 12.4 Å². The van der Waals surface area contributed by atoms with Gasteiger partial charge in [-0.3, -0.25) is 0 Å². The first-order valence-corrected chi connectivity index (χ1v) is 7.42. The van der Waals surface area contributed by atoms with Crippen LogP contribution in [0.5, 0.6) is 0 Å². The van der Waals surface area contributed by atoms with Gasteiger partial charge in [0.2, 0.25) is 5.16 Å². The van der Waals surface area contributed by atoms with Crippen molar-refractivity contribution in [3.05, 3.63) is 34.9 Å². The van der Waals surface area contributed by atoms with Crippen LogP contribution < -0.4 is 17.7 Å². The van der Waals surface area contributed by atoms with Gasteiger partial charge in [-0.2, -0.15) is 0 Å². The lowest BCUT2D eigenvalue weighted by atomic mass is 10.2. The number of nitrogens with one attached hydrogen (secondary N) is 1. The van der Waals surface area contributed by atoms with Crippen molar-refractivity contribution in [1.29, 1.82) is 0 Å². The van der Waals surface area contributed by atoms with E-state index in [2.05, 4.69) is 26.9 Å². The molecule has 2 rings (SSSR count). The van der Waals surface area contributed by atoms with Crippen LogP contribution in [0.25, 0.3) is 0 Å². The van der Waals surface area contributed by atoms with E-state index in [0.29, 0.717) is 0 Å². The predicted octanol–water partition coefficient (Wildman–Crippen LogP) is -0.860. The first-order chi connectivity index (χ1) is 9.25. The highest BCUT2D eigenvalue weighted by molar-refractivity contribution is 7.99. The number of thioether (sulfide) groups is 1. The lowest BCUT2D eigenvalue weighted by Gasteiger charge is -2.05. The molecule has 1 aromatic carbocycles. The summed E-state index contributed by atoms with van der Waals surface area (Å²) in [6, 6.07) is 7.90. The number of tetrazole rings is 1. The Labute approximate surface area is 133 Å². The van der Waals surface area contributed by atoms with Gasteiger partial charge >= 0.3 is 0 Å². The molecule has 5 nitrogen and oxygen atoms in total. The number of aromatic nitrogens is 4. The van der Waals surface area contributed by atoms with Crippen molar-refractivity contribution in [2.75, 3.05) is 12.3 Å². The Balaban J connectivity index is 0.00000200. The highest BCUT2D eigenvalue weighted by Crippen LogP contribution is 2.13. The molecule has 8 heteroatoms. The zero-order valence-corrected chi connectivity index (χ0v) is 13.4. The maximum Gasteiger partial charge on any atom is 0.209 e. The van der Waals surface area contributed by atoms with Crippen LogP contribution in [0.4, 0.5) is 0 Å². The van der Waals surface area contributed by atoms with Crippen LogP contribution in [-0.4, -0.2) is 32.5 Å². The van der Waals surface area contributed by atoms with Gasteiger partial charge in [-0.15, -0.1) is 5.10 Å². The smallest absolute Gasteiger partial charge is 0.209 e. The van der Waals surface area contributed by atoms with Gasteiger partial charge in [-0.1, -0.05) is 35.5 Å². The van der Waals surface area contributed by atoms with E-state index < -0.39 is 0 Å². The lowest BCUT2D eigenvalue weighted by molar-refractivity contribution is -0.00000404. The Bertz CT molecular complexity index is 520. The van der Waals surface area contributed by atoms with E-state index in [9.17, 15) is 0 Å². The second kappa shape index (κ2) is 9.18. The van der Waals surface area contributed by atoms with E-state index >= 15 is 0 Å². The molecule has 0 spiro atoms. The normalized spacial score (nSPS) is 10.3. The molecule has 0 atom stereocenters. The summed E-state index contributed by atoms with van der Waals surface area (Å²) in [5.41, 5.74) is 1.21. The van der Waals surface area contributed by atoms with Crippen LogP contribution in [0.3, 0.4) is 0 Å². The van der Waals surface area contributed by atoms with Gasteiger partial charge in [0.05, 0.1) is 0 Å². The van der Waals surface area contributed by atoms with Gasteiger partial charge < -0.3 is 17.7 Å². The van der Waals surface area contributed by atoms with Crippen LogP contribution in [0, 0.1) is 0 Å². The van der Waals surface area contributed by atoms with Gasteiger partial charge in [0.15, 0.2) is 0 Å². The molecule has 0 unspecified atom stereocenters. The summed E-state index contributed by atoms with van der Waals surface area (Å²) >= 11 is 7.60. The number of halogens is 2. The van der Waals surface area contributed by atoms with E-state index in [4.69, 9.17) is 11.6 Å². The van der Waals surface area contributed by atoms with Crippen LogP contribution in [0.15, 0.2) is 29.4 Å². The Hall–Kier alpha value is -0.820. The number of aryl methyl sites for hydroxylation is 1. The summed E-state index contributed by atoms with van der Waals surface area (Å²) in [5.74, 6) is 0.997. The number of rotatable bonds is 7. The van der Waals surface area contributed by atoms with Crippen LogP contribution in [0.2, 0.25) is 5.02 Å². The molecule has 0 aliphatic rings. The topological polar surface area (TPSA) is 55.6 Å². The highest BCUT2D eigenvalue weighted by Gasteiger charge is 2.01. The van der Waals surface area contributed by atoms with Crippen molar-refractivity contribution in [2.45, 2.75) is 18.1 Å². The maximum atomic E-state index is 5.93. The largest absolute Gasteiger partial charge is 1.00 e. The molecule has 1 heterocycles. The summed E-state index contributed by atoms with van der Waals surface area (Å²) < 4.78 is 1.68. The molecule has 0 aliphatic heterocycles. The number of hydrogen-bond acceptors (Lipinski definition) is 5. The molecule has 0 aliphatic carbocycles. The summed E-state index contributed by atoms with van der Waals surface area (Å²) in [6.45, 7) is 1.81. The van der Waals surface area contributed by atoms with Crippen LogP contribution in [-0.2, 0) is 13.6 Å². The summed E-state index contributed by atoms with van der Waals surface area (Å²) in [5, 5.41) is 16.3. The Morgan fingerprint density at radius 2 is 2.25 bits per heavy atom.